The van der Waals surface area contributed by atoms with Crippen molar-refractivity contribution in [1.29, 1.82) is 0 Å². The SMILES string of the molecule is CC1(Oc2ccc(C(C)(C)C)cc2)CCNC1. The molecule has 1 atom stereocenters. The molecule has 1 aliphatic rings. The topological polar surface area (TPSA) is 21.3 Å². The minimum Gasteiger partial charge on any atom is -0.486 e. The molecule has 1 aromatic carbocycles. The molecule has 2 nitrogen and oxygen atoms in total. The molecule has 2 rings (SSSR count). The fourth-order valence-corrected chi connectivity index (χ4v) is 2.19. The van der Waals surface area contributed by atoms with Gasteiger partial charge in [0.2, 0.25) is 0 Å². The second-order valence-corrected chi connectivity index (χ2v) is 6.25. The van der Waals surface area contributed by atoms with Crippen LogP contribution in [-0.2, 0) is 5.41 Å². The average molecular weight is 233 g/mol. The average Bonchev–Trinajstić information content (AvgIpc) is 2.64. The minimum atomic E-state index is -0.0384. The van der Waals surface area contributed by atoms with Gasteiger partial charge < -0.3 is 10.1 Å². The van der Waals surface area contributed by atoms with Crippen LogP contribution in [0, 0.1) is 0 Å². The maximum atomic E-state index is 6.07. The molecule has 0 saturated carbocycles. The first kappa shape index (κ1) is 12.4. The van der Waals surface area contributed by atoms with Crippen LogP contribution in [0.1, 0.15) is 39.7 Å². The van der Waals surface area contributed by atoms with Crippen molar-refractivity contribution in [3.8, 4) is 5.75 Å². The zero-order valence-corrected chi connectivity index (χ0v) is 11.3. The highest BCUT2D eigenvalue weighted by molar-refractivity contribution is 5.31. The summed E-state index contributed by atoms with van der Waals surface area (Å²) in [5.41, 5.74) is 1.51. The molecule has 1 fully saturated rings. The molecule has 1 aromatic rings. The van der Waals surface area contributed by atoms with Crippen LogP contribution in [0.15, 0.2) is 24.3 Å². The van der Waals surface area contributed by atoms with E-state index in [1.807, 2.05) is 0 Å². The molecule has 1 aliphatic heterocycles. The standard InChI is InChI=1S/C15H23NO/c1-14(2,3)12-5-7-13(8-6-12)17-15(4)9-10-16-11-15/h5-8,16H,9-11H2,1-4H3. The van der Waals surface area contributed by atoms with E-state index >= 15 is 0 Å². The molecule has 0 radical (unpaired) electrons. The summed E-state index contributed by atoms with van der Waals surface area (Å²) in [5, 5.41) is 3.34. The predicted octanol–water partition coefficient (Wildman–Crippen LogP) is 3.11. The van der Waals surface area contributed by atoms with Crippen molar-refractivity contribution in [3.63, 3.8) is 0 Å². The third-order valence-electron chi connectivity index (χ3n) is 3.41. The molecular weight excluding hydrogens is 210 g/mol. The van der Waals surface area contributed by atoms with Gasteiger partial charge in [-0.05, 0) is 36.6 Å². The normalized spacial score (nSPS) is 24.9. The number of hydrogen-bond acceptors (Lipinski definition) is 2. The van der Waals surface area contributed by atoms with Crippen molar-refractivity contribution in [1.82, 2.24) is 5.32 Å². The van der Waals surface area contributed by atoms with Crippen LogP contribution in [0.5, 0.6) is 5.75 Å². The number of ether oxygens (including phenoxy) is 1. The van der Waals surface area contributed by atoms with Gasteiger partial charge in [0.25, 0.3) is 0 Å². The second kappa shape index (κ2) is 4.34. The van der Waals surface area contributed by atoms with Crippen LogP contribution in [-0.4, -0.2) is 18.7 Å². The molecule has 0 bridgehead atoms. The molecule has 1 saturated heterocycles. The molecule has 0 aromatic heterocycles. The van der Waals surface area contributed by atoms with Gasteiger partial charge in [-0.2, -0.15) is 0 Å². The molecule has 1 N–H and O–H groups in total. The van der Waals surface area contributed by atoms with Gasteiger partial charge in [-0.15, -0.1) is 0 Å². The van der Waals surface area contributed by atoms with Crippen molar-refractivity contribution in [2.75, 3.05) is 13.1 Å². The van der Waals surface area contributed by atoms with Gasteiger partial charge in [0.15, 0.2) is 0 Å². The Morgan fingerprint density at radius 2 is 1.82 bits per heavy atom. The fraction of sp³-hybridized carbons (Fsp3) is 0.600. The number of benzene rings is 1. The van der Waals surface area contributed by atoms with Gasteiger partial charge in [0.05, 0.1) is 0 Å². The zero-order chi connectivity index (χ0) is 12.5. The molecule has 0 spiro atoms. The first-order valence-corrected chi connectivity index (χ1v) is 6.39. The summed E-state index contributed by atoms with van der Waals surface area (Å²) >= 11 is 0. The summed E-state index contributed by atoms with van der Waals surface area (Å²) in [4.78, 5) is 0. The lowest BCUT2D eigenvalue weighted by atomic mass is 9.87. The maximum Gasteiger partial charge on any atom is 0.120 e. The summed E-state index contributed by atoms with van der Waals surface area (Å²) in [6.07, 6.45) is 1.08. The highest BCUT2D eigenvalue weighted by Crippen LogP contribution is 2.27. The molecule has 2 heteroatoms. The Morgan fingerprint density at radius 3 is 2.29 bits per heavy atom. The third-order valence-corrected chi connectivity index (χ3v) is 3.41. The first-order chi connectivity index (χ1) is 7.89. The van der Waals surface area contributed by atoms with E-state index in [0.717, 1.165) is 25.3 Å². The van der Waals surface area contributed by atoms with Gasteiger partial charge >= 0.3 is 0 Å². The molecular formula is C15H23NO. The third kappa shape index (κ3) is 3.01. The van der Waals surface area contributed by atoms with Crippen LogP contribution >= 0.6 is 0 Å². The van der Waals surface area contributed by atoms with E-state index < -0.39 is 0 Å². The Labute approximate surface area is 104 Å². The fourth-order valence-electron chi connectivity index (χ4n) is 2.19. The monoisotopic (exact) mass is 233 g/mol. The quantitative estimate of drug-likeness (QED) is 0.847. The highest BCUT2D eigenvalue weighted by atomic mass is 16.5. The number of hydrogen-bond donors (Lipinski definition) is 1. The van der Waals surface area contributed by atoms with Crippen LogP contribution in [0.4, 0.5) is 0 Å². The van der Waals surface area contributed by atoms with E-state index in [2.05, 4.69) is 57.3 Å². The van der Waals surface area contributed by atoms with E-state index in [1.54, 1.807) is 0 Å². The van der Waals surface area contributed by atoms with Gasteiger partial charge in [0, 0.05) is 13.0 Å². The highest BCUT2D eigenvalue weighted by Gasteiger charge is 2.30. The lowest BCUT2D eigenvalue weighted by molar-refractivity contribution is 0.111. The summed E-state index contributed by atoms with van der Waals surface area (Å²) in [5.74, 6) is 0.976. The number of nitrogens with one attached hydrogen (secondary N) is 1. The Bertz CT molecular complexity index is 369. The minimum absolute atomic E-state index is 0.0384. The molecule has 17 heavy (non-hydrogen) atoms. The second-order valence-electron chi connectivity index (χ2n) is 6.25. The zero-order valence-electron chi connectivity index (χ0n) is 11.3. The molecule has 1 heterocycles. The van der Waals surface area contributed by atoms with Gasteiger partial charge in [0.1, 0.15) is 11.4 Å². The first-order valence-electron chi connectivity index (χ1n) is 6.39. The molecule has 0 amide bonds. The van der Waals surface area contributed by atoms with E-state index in [-0.39, 0.29) is 11.0 Å². The van der Waals surface area contributed by atoms with Gasteiger partial charge in [-0.1, -0.05) is 32.9 Å². The maximum absolute atomic E-state index is 6.07. The Morgan fingerprint density at radius 1 is 1.18 bits per heavy atom. The largest absolute Gasteiger partial charge is 0.486 e. The van der Waals surface area contributed by atoms with Crippen molar-refractivity contribution >= 4 is 0 Å². The smallest absolute Gasteiger partial charge is 0.120 e. The summed E-state index contributed by atoms with van der Waals surface area (Å²) in [6, 6.07) is 8.51. The molecule has 0 aliphatic carbocycles. The summed E-state index contributed by atoms with van der Waals surface area (Å²) < 4.78 is 6.07. The van der Waals surface area contributed by atoms with Crippen molar-refractivity contribution in [2.45, 2.75) is 45.1 Å². The van der Waals surface area contributed by atoms with Crippen LogP contribution < -0.4 is 10.1 Å². The van der Waals surface area contributed by atoms with Crippen LogP contribution in [0.3, 0.4) is 0 Å². The van der Waals surface area contributed by atoms with Crippen molar-refractivity contribution in [3.05, 3.63) is 29.8 Å². The van der Waals surface area contributed by atoms with Crippen LogP contribution in [0.2, 0.25) is 0 Å². The molecule has 1 unspecified atom stereocenters. The van der Waals surface area contributed by atoms with Gasteiger partial charge in [-0.3, -0.25) is 0 Å². The van der Waals surface area contributed by atoms with Crippen molar-refractivity contribution < 1.29 is 4.74 Å². The lowest BCUT2D eigenvalue weighted by Gasteiger charge is -2.25. The number of rotatable bonds is 2. The summed E-state index contributed by atoms with van der Waals surface area (Å²) in [7, 11) is 0. The van der Waals surface area contributed by atoms with Gasteiger partial charge in [-0.25, -0.2) is 0 Å². The van der Waals surface area contributed by atoms with Crippen molar-refractivity contribution in [2.24, 2.45) is 0 Å². The Kier molecular flexibility index (Phi) is 3.17. The van der Waals surface area contributed by atoms with E-state index in [4.69, 9.17) is 4.74 Å². The molecule has 94 valence electrons. The Balaban J connectivity index is 2.08. The van der Waals surface area contributed by atoms with E-state index in [0.29, 0.717) is 0 Å². The van der Waals surface area contributed by atoms with Crippen LogP contribution in [0.25, 0.3) is 0 Å². The van der Waals surface area contributed by atoms with E-state index in [9.17, 15) is 0 Å². The Hall–Kier alpha value is -1.02. The van der Waals surface area contributed by atoms with E-state index in [1.165, 1.54) is 5.56 Å². The predicted molar refractivity (Wildman–Crippen MR) is 71.7 cm³/mol. The lowest BCUT2D eigenvalue weighted by Crippen LogP contribution is -2.34. The summed E-state index contributed by atoms with van der Waals surface area (Å²) in [6.45, 7) is 10.8.